The van der Waals surface area contributed by atoms with Crippen LogP contribution >= 0.6 is 11.6 Å². The molecule has 0 aromatic heterocycles. The van der Waals surface area contributed by atoms with E-state index in [0.717, 1.165) is 16.1 Å². The second-order valence-electron chi connectivity index (χ2n) is 3.87. The summed E-state index contributed by atoms with van der Waals surface area (Å²) < 4.78 is 14.2. The van der Waals surface area contributed by atoms with Gasteiger partial charge in [-0.15, -0.1) is 0 Å². The maximum Gasteiger partial charge on any atom is 0.153 e. The van der Waals surface area contributed by atoms with Gasteiger partial charge in [-0.05, 0) is 35.9 Å². The van der Waals surface area contributed by atoms with E-state index < -0.39 is 11.0 Å². The SMILES string of the molecule is O=S1c2ccccc2CN1c1ccc(Cl)cc1. The van der Waals surface area contributed by atoms with E-state index in [2.05, 4.69) is 0 Å². The van der Waals surface area contributed by atoms with Crippen LogP contribution in [0.15, 0.2) is 53.4 Å². The van der Waals surface area contributed by atoms with Gasteiger partial charge in [-0.2, -0.15) is 0 Å². The Kier molecular flexibility index (Phi) is 2.65. The van der Waals surface area contributed by atoms with Gasteiger partial charge in [0.15, 0.2) is 11.0 Å². The number of halogens is 1. The fourth-order valence-electron chi connectivity index (χ4n) is 1.93. The number of hydrogen-bond donors (Lipinski definition) is 0. The minimum absolute atomic E-state index is 0.685. The van der Waals surface area contributed by atoms with E-state index in [9.17, 15) is 4.21 Å². The van der Waals surface area contributed by atoms with Crippen LogP contribution in [-0.2, 0) is 17.5 Å². The highest BCUT2D eigenvalue weighted by Crippen LogP contribution is 2.31. The molecule has 3 rings (SSSR count). The first-order valence-electron chi connectivity index (χ1n) is 5.28. The molecule has 1 heterocycles. The first-order valence-corrected chi connectivity index (χ1v) is 6.77. The van der Waals surface area contributed by atoms with Gasteiger partial charge in [-0.3, -0.25) is 4.31 Å². The molecule has 1 unspecified atom stereocenters. The van der Waals surface area contributed by atoms with E-state index in [1.165, 1.54) is 0 Å². The van der Waals surface area contributed by atoms with Crippen molar-refractivity contribution in [3.8, 4) is 0 Å². The lowest BCUT2D eigenvalue weighted by Crippen LogP contribution is -2.17. The van der Waals surface area contributed by atoms with E-state index in [1.54, 1.807) is 0 Å². The predicted molar refractivity (Wildman–Crippen MR) is 70.5 cm³/mol. The molecule has 1 aliphatic heterocycles. The van der Waals surface area contributed by atoms with Crippen molar-refractivity contribution in [1.82, 2.24) is 0 Å². The Morgan fingerprint density at radius 2 is 1.76 bits per heavy atom. The standard InChI is InChI=1S/C13H10ClNOS/c14-11-5-7-12(8-6-11)15-9-10-3-1-2-4-13(10)17(15)16/h1-8H,9H2. The molecule has 0 aliphatic carbocycles. The second kappa shape index (κ2) is 4.17. The van der Waals surface area contributed by atoms with Crippen molar-refractivity contribution >= 4 is 28.3 Å². The number of nitrogens with zero attached hydrogens (tertiary/aromatic N) is 1. The van der Waals surface area contributed by atoms with Crippen molar-refractivity contribution in [1.29, 1.82) is 0 Å². The fourth-order valence-corrected chi connectivity index (χ4v) is 3.42. The molecule has 0 fully saturated rings. The van der Waals surface area contributed by atoms with Crippen molar-refractivity contribution in [3.63, 3.8) is 0 Å². The second-order valence-corrected chi connectivity index (χ2v) is 5.69. The Morgan fingerprint density at radius 1 is 1.06 bits per heavy atom. The van der Waals surface area contributed by atoms with Crippen LogP contribution in [0.2, 0.25) is 5.02 Å². The Morgan fingerprint density at radius 3 is 2.47 bits per heavy atom. The van der Waals surface area contributed by atoms with Crippen molar-refractivity contribution in [2.24, 2.45) is 0 Å². The summed E-state index contributed by atoms with van der Waals surface area (Å²) in [5.41, 5.74) is 2.06. The zero-order valence-corrected chi connectivity index (χ0v) is 10.5. The van der Waals surface area contributed by atoms with E-state index in [0.29, 0.717) is 11.6 Å². The molecule has 0 amide bonds. The van der Waals surface area contributed by atoms with Gasteiger partial charge in [-0.25, -0.2) is 4.21 Å². The van der Waals surface area contributed by atoms with Crippen LogP contribution in [0.5, 0.6) is 0 Å². The number of hydrogen-bond acceptors (Lipinski definition) is 1. The summed E-state index contributed by atoms with van der Waals surface area (Å²) in [7, 11) is -1.10. The highest BCUT2D eigenvalue weighted by molar-refractivity contribution is 7.86. The molecule has 2 aromatic carbocycles. The van der Waals surface area contributed by atoms with E-state index in [-0.39, 0.29) is 0 Å². The van der Waals surface area contributed by atoms with Gasteiger partial charge < -0.3 is 0 Å². The normalized spacial score (nSPS) is 18.2. The molecule has 0 spiro atoms. The van der Waals surface area contributed by atoms with Crippen molar-refractivity contribution in [2.75, 3.05) is 4.31 Å². The minimum Gasteiger partial charge on any atom is -0.283 e. The van der Waals surface area contributed by atoms with Crippen LogP contribution in [0.25, 0.3) is 0 Å². The van der Waals surface area contributed by atoms with Crippen molar-refractivity contribution in [2.45, 2.75) is 11.4 Å². The third-order valence-electron chi connectivity index (χ3n) is 2.79. The summed E-state index contributed by atoms with van der Waals surface area (Å²) in [4.78, 5) is 0.905. The summed E-state index contributed by atoms with van der Waals surface area (Å²) in [6.07, 6.45) is 0. The van der Waals surface area contributed by atoms with Crippen LogP contribution in [0.4, 0.5) is 5.69 Å². The summed E-state index contributed by atoms with van der Waals surface area (Å²) in [5.74, 6) is 0. The maximum atomic E-state index is 12.3. The molecular weight excluding hydrogens is 254 g/mol. The van der Waals surface area contributed by atoms with Gasteiger partial charge in [0.2, 0.25) is 0 Å². The molecule has 2 nitrogen and oxygen atoms in total. The van der Waals surface area contributed by atoms with Crippen LogP contribution in [0, 0.1) is 0 Å². The van der Waals surface area contributed by atoms with Crippen molar-refractivity contribution < 1.29 is 4.21 Å². The molecule has 0 bridgehead atoms. The molecule has 17 heavy (non-hydrogen) atoms. The Bertz CT molecular complexity index is 582. The summed E-state index contributed by atoms with van der Waals surface area (Å²) >= 11 is 5.85. The van der Waals surface area contributed by atoms with Gasteiger partial charge in [0.1, 0.15) is 0 Å². The third-order valence-corrected chi connectivity index (χ3v) is 4.56. The van der Waals surface area contributed by atoms with Gasteiger partial charge in [0.25, 0.3) is 0 Å². The van der Waals surface area contributed by atoms with Crippen LogP contribution in [0.3, 0.4) is 0 Å². The van der Waals surface area contributed by atoms with E-state index >= 15 is 0 Å². The number of benzene rings is 2. The summed E-state index contributed by atoms with van der Waals surface area (Å²) in [5, 5.41) is 0.691. The average Bonchev–Trinajstić information content (AvgIpc) is 2.69. The number of rotatable bonds is 1. The van der Waals surface area contributed by atoms with Crippen molar-refractivity contribution in [3.05, 3.63) is 59.1 Å². The van der Waals surface area contributed by atoms with Gasteiger partial charge in [0.05, 0.1) is 17.1 Å². The Hall–Kier alpha value is -1.32. The van der Waals surface area contributed by atoms with Gasteiger partial charge in [0, 0.05) is 5.02 Å². The molecule has 0 saturated carbocycles. The lowest BCUT2D eigenvalue weighted by Gasteiger charge is -2.15. The Balaban J connectivity index is 1.99. The largest absolute Gasteiger partial charge is 0.283 e. The topological polar surface area (TPSA) is 20.3 Å². The average molecular weight is 264 g/mol. The van der Waals surface area contributed by atoms with Crippen LogP contribution in [0.1, 0.15) is 5.56 Å². The van der Waals surface area contributed by atoms with E-state index in [4.69, 9.17) is 11.6 Å². The quantitative estimate of drug-likeness (QED) is 0.772. The van der Waals surface area contributed by atoms with Gasteiger partial charge >= 0.3 is 0 Å². The molecule has 0 N–H and O–H groups in total. The number of anilines is 1. The minimum atomic E-state index is -1.10. The lowest BCUT2D eigenvalue weighted by molar-refractivity contribution is 0.683. The van der Waals surface area contributed by atoms with Crippen LogP contribution < -0.4 is 4.31 Å². The molecule has 86 valence electrons. The Labute approximate surface area is 107 Å². The highest BCUT2D eigenvalue weighted by Gasteiger charge is 2.26. The zero-order valence-electron chi connectivity index (χ0n) is 8.97. The first-order chi connectivity index (χ1) is 8.25. The zero-order chi connectivity index (χ0) is 11.8. The molecule has 2 aromatic rings. The maximum absolute atomic E-state index is 12.3. The first kappa shape index (κ1) is 10.8. The molecule has 0 saturated heterocycles. The molecule has 4 heteroatoms. The highest BCUT2D eigenvalue weighted by atomic mass is 35.5. The molecule has 1 atom stereocenters. The molecule has 1 aliphatic rings. The van der Waals surface area contributed by atoms with Crippen LogP contribution in [-0.4, -0.2) is 4.21 Å². The fraction of sp³-hybridized carbons (Fsp3) is 0.0769. The number of fused-ring (bicyclic) bond motifs is 1. The summed E-state index contributed by atoms with van der Waals surface area (Å²) in [6, 6.07) is 15.3. The molecular formula is C13H10ClNOS. The van der Waals surface area contributed by atoms with E-state index in [1.807, 2.05) is 52.8 Å². The van der Waals surface area contributed by atoms with Gasteiger partial charge in [-0.1, -0.05) is 29.8 Å². The lowest BCUT2D eigenvalue weighted by atomic mass is 10.2. The third kappa shape index (κ3) is 1.85. The smallest absolute Gasteiger partial charge is 0.153 e. The summed E-state index contributed by atoms with van der Waals surface area (Å²) in [6.45, 7) is 0.685. The monoisotopic (exact) mass is 263 g/mol. The predicted octanol–water partition coefficient (Wildman–Crippen LogP) is 3.38. The molecule has 0 radical (unpaired) electrons.